The lowest BCUT2D eigenvalue weighted by Gasteiger charge is -2.14. The monoisotopic (exact) mass is 170 g/mol. The van der Waals surface area contributed by atoms with Crippen LogP contribution >= 0.6 is 0 Å². The van der Waals surface area contributed by atoms with Gasteiger partial charge in [-0.25, -0.2) is 0 Å². The van der Waals surface area contributed by atoms with E-state index in [4.69, 9.17) is 10.4 Å². The van der Waals surface area contributed by atoms with Crippen molar-refractivity contribution in [2.45, 2.75) is 20.3 Å². The Morgan fingerprint density at radius 2 is 2.25 bits per heavy atom. The first-order valence-corrected chi connectivity index (χ1v) is 3.82. The number of carboxylic acid groups (broad SMARTS) is 1. The highest BCUT2D eigenvalue weighted by molar-refractivity contribution is 5.68. The highest BCUT2D eigenvalue weighted by Crippen LogP contribution is 2.16. The van der Waals surface area contributed by atoms with Gasteiger partial charge in [0.05, 0.1) is 18.0 Å². The summed E-state index contributed by atoms with van der Waals surface area (Å²) in [6, 6.07) is 2.14. The molecule has 68 valence electrons. The van der Waals surface area contributed by atoms with E-state index in [2.05, 4.69) is 11.4 Å². The second kappa shape index (κ2) is 4.73. The van der Waals surface area contributed by atoms with Gasteiger partial charge in [0.2, 0.25) is 0 Å². The van der Waals surface area contributed by atoms with Crippen molar-refractivity contribution in [3.05, 3.63) is 0 Å². The molecule has 12 heavy (non-hydrogen) atoms. The van der Waals surface area contributed by atoms with Gasteiger partial charge in [-0.2, -0.15) is 5.26 Å². The lowest BCUT2D eigenvalue weighted by atomic mass is 9.92. The minimum atomic E-state index is -0.871. The Morgan fingerprint density at radius 3 is 2.67 bits per heavy atom. The van der Waals surface area contributed by atoms with E-state index in [1.165, 1.54) is 0 Å². The second-order valence-corrected chi connectivity index (χ2v) is 3.32. The number of hydrogen-bond acceptors (Lipinski definition) is 3. The maximum atomic E-state index is 10.1. The van der Waals surface area contributed by atoms with Crippen molar-refractivity contribution >= 4 is 5.97 Å². The summed E-state index contributed by atoms with van der Waals surface area (Å²) in [6.45, 7) is 4.18. The SMILES string of the molecule is CC(C)(C#N)CCNCC(=O)O. The molecule has 0 unspecified atom stereocenters. The van der Waals surface area contributed by atoms with Gasteiger partial charge in [-0.3, -0.25) is 4.79 Å². The molecule has 0 radical (unpaired) electrons. The van der Waals surface area contributed by atoms with Crippen LogP contribution in [0.15, 0.2) is 0 Å². The van der Waals surface area contributed by atoms with Crippen molar-refractivity contribution in [1.82, 2.24) is 5.32 Å². The summed E-state index contributed by atoms with van der Waals surface area (Å²) in [5.74, 6) is -0.871. The molecule has 0 aromatic rings. The first-order valence-electron chi connectivity index (χ1n) is 3.82. The van der Waals surface area contributed by atoms with Crippen molar-refractivity contribution in [1.29, 1.82) is 5.26 Å². The van der Waals surface area contributed by atoms with Gasteiger partial charge in [0.25, 0.3) is 0 Å². The molecule has 0 aliphatic heterocycles. The summed E-state index contributed by atoms with van der Waals surface area (Å²) >= 11 is 0. The van der Waals surface area contributed by atoms with Crippen LogP contribution in [0.25, 0.3) is 0 Å². The van der Waals surface area contributed by atoms with Crippen LogP contribution in [0.2, 0.25) is 0 Å². The van der Waals surface area contributed by atoms with Crippen LogP contribution in [0.5, 0.6) is 0 Å². The van der Waals surface area contributed by atoms with E-state index in [1.54, 1.807) is 0 Å². The van der Waals surface area contributed by atoms with Crippen molar-refractivity contribution in [3.63, 3.8) is 0 Å². The molecule has 0 heterocycles. The summed E-state index contributed by atoms with van der Waals surface area (Å²) in [6.07, 6.45) is 0.663. The molecule has 0 fully saturated rings. The normalized spacial score (nSPS) is 10.8. The number of aliphatic carboxylic acids is 1. The highest BCUT2D eigenvalue weighted by Gasteiger charge is 2.15. The predicted octanol–water partition coefficient (Wildman–Crippen LogP) is 0.600. The third kappa shape index (κ3) is 5.69. The third-order valence-electron chi connectivity index (χ3n) is 1.51. The van der Waals surface area contributed by atoms with Gasteiger partial charge in [0.1, 0.15) is 0 Å². The van der Waals surface area contributed by atoms with E-state index < -0.39 is 5.97 Å². The van der Waals surface area contributed by atoms with E-state index in [0.29, 0.717) is 13.0 Å². The zero-order chi connectivity index (χ0) is 9.61. The van der Waals surface area contributed by atoms with Crippen molar-refractivity contribution in [2.24, 2.45) is 5.41 Å². The number of carbonyl (C=O) groups is 1. The van der Waals surface area contributed by atoms with Gasteiger partial charge >= 0.3 is 5.97 Å². The summed E-state index contributed by atoms with van der Waals surface area (Å²) in [5.41, 5.74) is -0.370. The number of carboxylic acids is 1. The van der Waals surface area contributed by atoms with Crippen molar-refractivity contribution in [3.8, 4) is 6.07 Å². The van der Waals surface area contributed by atoms with Gasteiger partial charge in [0.15, 0.2) is 0 Å². The van der Waals surface area contributed by atoms with Crippen LogP contribution in [-0.2, 0) is 4.79 Å². The lowest BCUT2D eigenvalue weighted by molar-refractivity contribution is -0.135. The molecule has 4 heteroatoms. The smallest absolute Gasteiger partial charge is 0.317 e. The lowest BCUT2D eigenvalue weighted by Crippen LogP contribution is -2.26. The molecule has 0 aliphatic rings. The largest absolute Gasteiger partial charge is 0.480 e. The van der Waals surface area contributed by atoms with Crippen LogP contribution < -0.4 is 5.32 Å². The van der Waals surface area contributed by atoms with E-state index in [-0.39, 0.29) is 12.0 Å². The van der Waals surface area contributed by atoms with Gasteiger partial charge in [-0.15, -0.1) is 0 Å². The van der Waals surface area contributed by atoms with E-state index >= 15 is 0 Å². The molecule has 2 N–H and O–H groups in total. The molecular formula is C8H14N2O2. The molecule has 0 saturated carbocycles. The molecule has 0 aromatic heterocycles. The zero-order valence-electron chi connectivity index (χ0n) is 7.42. The van der Waals surface area contributed by atoms with Gasteiger partial charge in [-0.1, -0.05) is 0 Å². The Kier molecular flexibility index (Phi) is 4.30. The number of hydrogen-bond donors (Lipinski definition) is 2. The molecule has 0 aliphatic carbocycles. The summed E-state index contributed by atoms with van der Waals surface area (Å²) < 4.78 is 0. The quantitative estimate of drug-likeness (QED) is 0.592. The van der Waals surface area contributed by atoms with Gasteiger partial charge in [-0.05, 0) is 26.8 Å². The Balaban J connectivity index is 3.45. The summed E-state index contributed by atoms with van der Waals surface area (Å²) in [4.78, 5) is 10.1. The molecule has 0 amide bonds. The van der Waals surface area contributed by atoms with E-state index in [0.717, 1.165) is 0 Å². The fraction of sp³-hybridized carbons (Fsp3) is 0.750. The maximum Gasteiger partial charge on any atom is 0.317 e. The molecular weight excluding hydrogens is 156 g/mol. The molecule has 0 rings (SSSR count). The first kappa shape index (κ1) is 10.9. The Morgan fingerprint density at radius 1 is 1.67 bits per heavy atom. The average Bonchev–Trinajstić information content (AvgIpc) is 1.98. The topological polar surface area (TPSA) is 73.1 Å². The predicted molar refractivity (Wildman–Crippen MR) is 44.5 cm³/mol. The van der Waals surface area contributed by atoms with Crippen LogP contribution in [0.1, 0.15) is 20.3 Å². The van der Waals surface area contributed by atoms with Crippen LogP contribution in [0.3, 0.4) is 0 Å². The van der Waals surface area contributed by atoms with Crippen LogP contribution in [-0.4, -0.2) is 24.2 Å². The minimum absolute atomic E-state index is 0.0402. The third-order valence-corrected chi connectivity index (χ3v) is 1.51. The first-order chi connectivity index (χ1) is 5.48. The molecule has 4 nitrogen and oxygen atoms in total. The van der Waals surface area contributed by atoms with Gasteiger partial charge in [0, 0.05) is 0 Å². The Labute approximate surface area is 72.2 Å². The van der Waals surface area contributed by atoms with Gasteiger partial charge < -0.3 is 10.4 Å². The fourth-order valence-corrected chi connectivity index (χ4v) is 0.652. The summed E-state index contributed by atoms with van der Waals surface area (Å²) in [7, 11) is 0. The highest BCUT2D eigenvalue weighted by atomic mass is 16.4. The molecule has 0 spiro atoms. The minimum Gasteiger partial charge on any atom is -0.480 e. The average molecular weight is 170 g/mol. The molecule has 0 aromatic carbocycles. The molecule has 0 atom stereocenters. The van der Waals surface area contributed by atoms with E-state index in [9.17, 15) is 4.79 Å². The zero-order valence-corrected chi connectivity index (χ0v) is 7.42. The van der Waals surface area contributed by atoms with E-state index in [1.807, 2.05) is 13.8 Å². The number of nitrogens with one attached hydrogen (secondary N) is 1. The van der Waals surface area contributed by atoms with Crippen LogP contribution in [0, 0.1) is 16.7 Å². The molecule has 0 saturated heterocycles. The number of rotatable bonds is 5. The number of nitrogens with zero attached hydrogens (tertiary/aromatic N) is 1. The molecule has 0 bridgehead atoms. The van der Waals surface area contributed by atoms with Crippen molar-refractivity contribution in [2.75, 3.05) is 13.1 Å². The maximum absolute atomic E-state index is 10.1. The fourth-order valence-electron chi connectivity index (χ4n) is 0.652. The second-order valence-electron chi connectivity index (χ2n) is 3.32. The standard InChI is InChI=1S/C8H14N2O2/c1-8(2,6-9)3-4-10-5-7(11)12/h10H,3-5H2,1-2H3,(H,11,12). The summed E-state index contributed by atoms with van der Waals surface area (Å²) in [5, 5.41) is 19.6. The van der Waals surface area contributed by atoms with Crippen molar-refractivity contribution < 1.29 is 9.90 Å². The number of nitriles is 1. The Hall–Kier alpha value is -1.08. The van der Waals surface area contributed by atoms with Crippen LogP contribution in [0.4, 0.5) is 0 Å². The Bertz CT molecular complexity index is 194.